The van der Waals surface area contributed by atoms with Gasteiger partial charge in [0.1, 0.15) is 5.75 Å². The summed E-state index contributed by atoms with van der Waals surface area (Å²) in [5.41, 5.74) is 2.32. The van der Waals surface area contributed by atoms with Gasteiger partial charge in [0, 0.05) is 18.2 Å². The average Bonchev–Trinajstić information content (AvgIpc) is 2.97. The van der Waals surface area contributed by atoms with E-state index in [1.54, 1.807) is 7.11 Å². The van der Waals surface area contributed by atoms with Gasteiger partial charge >= 0.3 is 0 Å². The standard InChI is InChI=1S/C18H19NO2/c1-21-18-9-5-8-17-15(18)10-12-19(17)16(11-13-20)14-6-3-2-4-7-14/h2-10,12,16,20H,11,13H2,1H3. The number of ether oxygens (including phenoxy) is 1. The second-order valence-electron chi connectivity index (χ2n) is 5.05. The predicted molar refractivity (Wildman–Crippen MR) is 84.8 cm³/mol. The molecule has 1 N–H and O–H groups in total. The number of nitrogens with zero attached hydrogens (tertiary/aromatic N) is 1. The second-order valence-corrected chi connectivity index (χ2v) is 5.05. The van der Waals surface area contributed by atoms with Gasteiger partial charge in [0.25, 0.3) is 0 Å². The molecule has 1 unspecified atom stereocenters. The Kier molecular flexibility index (Phi) is 3.93. The zero-order valence-electron chi connectivity index (χ0n) is 12.1. The van der Waals surface area contributed by atoms with Crippen LogP contribution in [-0.4, -0.2) is 23.4 Å². The van der Waals surface area contributed by atoms with Crippen LogP contribution in [0.3, 0.4) is 0 Å². The molecule has 0 radical (unpaired) electrons. The van der Waals surface area contributed by atoms with E-state index in [1.807, 2.05) is 30.3 Å². The Morgan fingerprint density at radius 2 is 1.86 bits per heavy atom. The minimum absolute atomic E-state index is 0.126. The molecule has 0 saturated carbocycles. The van der Waals surface area contributed by atoms with Gasteiger partial charge in [0.15, 0.2) is 0 Å². The van der Waals surface area contributed by atoms with Gasteiger partial charge in [0.05, 0.1) is 18.7 Å². The summed E-state index contributed by atoms with van der Waals surface area (Å²) in [4.78, 5) is 0. The Balaban J connectivity index is 2.12. The maximum atomic E-state index is 9.43. The molecule has 2 aromatic carbocycles. The lowest BCUT2D eigenvalue weighted by Crippen LogP contribution is -2.11. The first-order valence-corrected chi connectivity index (χ1v) is 7.14. The lowest BCUT2D eigenvalue weighted by molar-refractivity contribution is 0.269. The summed E-state index contributed by atoms with van der Waals surface area (Å²) in [6.45, 7) is 0.156. The normalized spacial score (nSPS) is 12.5. The molecule has 0 aliphatic rings. The summed E-state index contributed by atoms with van der Waals surface area (Å²) < 4.78 is 7.64. The fraction of sp³-hybridized carbons (Fsp3) is 0.222. The molecule has 1 heterocycles. The van der Waals surface area contributed by atoms with Crippen molar-refractivity contribution in [3.8, 4) is 5.75 Å². The second kappa shape index (κ2) is 6.02. The first-order valence-electron chi connectivity index (χ1n) is 7.14. The molecular formula is C18H19NO2. The quantitative estimate of drug-likeness (QED) is 0.775. The monoisotopic (exact) mass is 281 g/mol. The summed E-state index contributed by atoms with van der Waals surface area (Å²) >= 11 is 0. The minimum atomic E-state index is 0.126. The van der Waals surface area contributed by atoms with Gasteiger partial charge in [-0.3, -0.25) is 0 Å². The number of aliphatic hydroxyl groups excluding tert-OH is 1. The van der Waals surface area contributed by atoms with E-state index in [1.165, 1.54) is 5.56 Å². The summed E-state index contributed by atoms with van der Waals surface area (Å²) in [7, 11) is 1.69. The van der Waals surface area contributed by atoms with E-state index in [2.05, 4.69) is 35.0 Å². The van der Waals surface area contributed by atoms with Gasteiger partial charge in [-0.05, 0) is 30.2 Å². The third kappa shape index (κ3) is 2.52. The van der Waals surface area contributed by atoms with Crippen LogP contribution in [0.4, 0.5) is 0 Å². The van der Waals surface area contributed by atoms with E-state index in [-0.39, 0.29) is 12.6 Å². The zero-order chi connectivity index (χ0) is 14.7. The van der Waals surface area contributed by atoms with Crippen LogP contribution in [0.25, 0.3) is 10.9 Å². The van der Waals surface area contributed by atoms with Crippen LogP contribution in [0.1, 0.15) is 18.0 Å². The van der Waals surface area contributed by atoms with E-state index < -0.39 is 0 Å². The maximum absolute atomic E-state index is 9.43. The van der Waals surface area contributed by atoms with Gasteiger partial charge in [0.2, 0.25) is 0 Å². The number of hydrogen-bond donors (Lipinski definition) is 1. The van der Waals surface area contributed by atoms with Crippen LogP contribution in [0.15, 0.2) is 60.8 Å². The van der Waals surface area contributed by atoms with Crippen molar-refractivity contribution in [3.05, 3.63) is 66.4 Å². The molecule has 3 heteroatoms. The fourth-order valence-electron chi connectivity index (χ4n) is 2.87. The topological polar surface area (TPSA) is 34.4 Å². The molecule has 1 atom stereocenters. The van der Waals surface area contributed by atoms with Gasteiger partial charge in [-0.25, -0.2) is 0 Å². The molecule has 0 amide bonds. The number of benzene rings is 2. The smallest absolute Gasteiger partial charge is 0.128 e. The van der Waals surface area contributed by atoms with Crippen molar-refractivity contribution in [2.75, 3.05) is 13.7 Å². The highest BCUT2D eigenvalue weighted by molar-refractivity contribution is 5.86. The highest BCUT2D eigenvalue weighted by atomic mass is 16.5. The van der Waals surface area contributed by atoms with Gasteiger partial charge in [-0.1, -0.05) is 36.4 Å². The van der Waals surface area contributed by atoms with Crippen LogP contribution in [-0.2, 0) is 0 Å². The molecule has 0 saturated heterocycles. The molecule has 21 heavy (non-hydrogen) atoms. The lowest BCUT2D eigenvalue weighted by atomic mass is 10.0. The summed E-state index contributed by atoms with van der Waals surface area (Å²) in [5.74, 6) is 0.877. The molecule has 1 aromatic heterocycles. The largest absolute Gasteiger partial charge is 0.496 e. The van der Waals surface area contributed by atoms with Crippen molar-refractivity contribution >= 4 is 10.9 Å². The summed E-state index contributed by atoms with van der Waals surface area (Å²) in [6.07, 6.45) is 2.76. The van der Waals surface area contributed by atoms with E-state index in [0.717, 1.165) is 16.7 Å². The molecule has 108 valence electrons. The third-order valence-corrected chi connectivity index (χ3v) is 3.87. The van der Waals surface area contributed by atoms with Crippen LogP contribution in [0.5, 0.6) is 5.75 Å². The van der Waals surface area contributed by atoms with E-state index in [0.29, 0.717) is 6.42 Å². The van der Waals surface area contributed by atoms with Crippen molar-refractivity contribution in [3.63, 3.8) is 0 Å². The first kappa shape index (κ1) is 13.7. The minimum Gasteiger partial charge on any atom is -0.496 e. The van der Waals surface area contributed by atoms with Crippen LogP contribution >= 0.6 is 0 Å². The maximum Gasteiger partial charge on any atom is 0.128 e. The molecule has 3 aromatic rings. The van der Waals surface area contributed by atoms with Crippen molar-refractivity contribution in [2.45, 2.75) is 12.5 Å². The summed E-state index contributed by atoms with van der Waals surface area (Å²) in [6, 6.07) is 18.5. The van der Waals surface area contributed by atoms with Crippen LogP contribution in [0, 0.1) is 0 Å². The van der Waals surface area contributed by atoms with Crippen molar-refractivity contribution in [2.24, 2.45) is 0 Å². The number of fused-ring (bicyclic) bond motifs is 1. The first-order chi connectivity index (χ1) is 10.3. The Morgan fingerprint density at radius 3 is 2.57 bits per heavy atom. The molecule has 0 aliphatic heterocycles. The number of aromatic nitrogens is 1. The van der Waals surface area contributed by atoms with E-state index >= 15 is 0 Å². The SMILES string of the molecule is COc1cccc2c1ccn2C(CCO)c1ccccc1. The Bertz CT molecular complexity index is 718. The van der Waals surface area contributed by atoms with Crippen molar-refractivity contribution in [1.29, 1.82) is 0 Å². The number of rotatable bonds is 5. The number of aliphatic hydroxyl groups is 1. The average molecular weight is 281 g/mol. The van der Waals surface area contributed by atoms with Crippen LogP contribution < -0.4 is 4.74 Å². The molecule has 0 aliphatic carbocycles. The zero-order valence-corrected chi connectivity index (χ0v) is 12.1. The van der Waals surface area contributed by atoms with E-state index in [9.17, 15) is 5.11 Å². The van der Waals surface area contributed by atoms with Crippen LogP contribution in [0.2, 0.25) is 0 Å². The molecule has 0 spiro atoms. The molecule has 3 nitrogen and oxygen atoms in total. The Labute approximate surface area is 124 Å². The number of hydrogen-bond acceptors (Lipinski definition) is 2. The fourth-order valence-corrected chi connectivity index (χ4v) is 2.87. The van der Waals surface area contributed by atoms with Crippen molar-refractivity contribution in [1.82, 2.24) is 4.57 Å². The van der Waals surface area contributed by atoms with Gasteiger partial charge < -0.3 is 14.4 Å². The van der Waals surface area contributed by atoms with E-state index in [4.69, 9.17) is 4.74 Å². The predicted octanol–water partition coefficient (Wildman–Crippen LogP) is 3.62. The highest BCUT2D eigenvalue weighted by Crippen LogP contribution is 2.31. The number of methoxy groups -OCH3 is 1. The lowest BCUT2D eigenvalue weighted by Gasteiger charge is -2.20. The molecule has 3 rings (SSSR count). The molecule has 0 fully saturated rings. The highest BCUT2D eigenvalue weighted by Gasteiger charge is 2.16. The third-order valence-electron chi connectivity index (χ3n) is 3.87. The summed E-state index contributed by atoms with van der Waals surface area (Å²) in [5, 5.41) is 10.5. The molecule has 0 bridgehead atoms. The van der Waals surface area contributed by atoms with Crippen molar-refractivity contribution < 1.29 is 9.84 Å². The Hall–Kier alpha value is -2.26. The van der Waals surface area contributed by atoms with Gasteiger partial charge in [-0.15, -0.1) is 0 Å². The Morgan fingerprint density at radius 1 is 1.05 bits per heavy atom. The molecular weight excluding hydrogens is 262 g/mol. The van der Waals surface area contributed by atoms with Gasteiger partial charge in [-0.2, -0.15) is 0 Å².